The Balaban J connectivity index is 1.11. The molecule has 0 spiro atoms. The Morgan fingerprint density at radius 2 is 0.536 bits per heavy atom. The molecular weight excluding hydrogens is 673 g/mol. The first-order valence-electron chi connectivity index (χ1n) is 19.4. The van der Waals surface area contributed by atoms with Gasteiger partial charge in [-0.15, -0.1) is 0 Å². The van der Waals surface area contributed by atoms with Crippen LogP contribution in [0.4, 0.5) is 0 Å². The van der Waals surface area contributed by atoms with Gasteiger partial charge in [0.15, 0.2) is 0 Å². The predicted molar refractivity (Wildman–Crippen MR) is 241 cm³/mol. The van der Waals surface area contributed by atoms with E-state index in [0.717, 1.165) is 0 Å². The van der Waals surface area contributed by atoms with Crippen molar-refractivity contribution in [1.29, 1.82) is 0 Å². The summed E-state index contributed by atoms with van der Waals surface area (Å²) in [6, 6.07) is 80.2. The van der Waals surface area contributed by atoms with Crippen LogP contribution < -0.4 is 0 Å². The van der Waals surface area contributed by atoms with Crippen molar-refractivity contribution in [2.75, 3.05) is 0 Å². The second-order valence-electron chi connectivity index (χ2n) is 14.7. The van der Waals surface area contributed by atoms with Crippen LogP contribution in [0.5, 0.6) is 0 Å². The summed E-state index contributed by atoms with van der Waals surface area (Å²) < 4.78 is 0. The molecule has 0 radical (unpaired) electrons. The fourth-order valence-corrected chi connectivity index (χ4v) is 9.19. The van der Waals surface area contributed by atoms with E-state index in [2.05, 4.69) is 218 Å². The maximum absolute atomic E-state index is 2.41. The molecule has 0 saturated heterocycles. The molecule has 0 N–H and O–H groups in total. The van der Waals surface area contributed by atoms with Gasteiger partial charge in [0.05, 0.1) is 0 Å². The number of hydrogen-bond acceptors (Lipinski definition) is 0. The van der Waals surface area contributed by atoms with Crippen molar-refractivity contribution in [3.8, 4) is 55.6 Å². The first-order valence-corrected chi connectivity index (χ1v) is 19.4. The summed E-state index contributed by atoms with van der Waals surface area (Å²) in [6.45, 7) is 0. The third-order valence-electron chi connectivity index (χ3n) is 11.6. The molecule has 0 saturated carbocycles. The topological polar surface area (TPSA) is 0 Å². The van der Waals surface area contributed by atoms with E-state index in [0.29, 0.717) is 0 Å². The normalized spacial score (nSPS) is 11.6. The lowest BCUT2D eigenvalue weighted by atomic mass is 9.84. The van der Waals surface area contributed by atoms with Gasteiger partial charge in [0.2, 0.25) is 0 Å². The summed E-state index contributed by atoms with van der Waals surface area (Å²) in [4.78, 5) is 0. The smallest absolute Gasteiger partial charge is 0.00201 e. The first kappa shape index (κ1) is 32.2. The van der Waals surface area contributed by atoms with Gasteiger partial charge in [-0.2, -0.15) is 0 Å². The van der Waals surface area contributed by atoms with E-state index in [4.69, 9.17) is 0 Å². The van der Waals surface area contributed by atoms with E-state index in [9.17, 15) is 0 Å². The third kappa shape index (κ3) is 5.15. The van der Waals surface area contributed by atoms with Crippen LogP contribution in [0.25, 0.3) is 109 Å². The second kappa shape index (κ2) is 13.2. The molecule has 0 amide bonds. The summed E-state index contributed by atoms with van der Waals surface area (Å²) >= 11 is 0. The average molecular weight is 709 g/mol. The van der Waals surface area contributed by atoms with Crippen LogP contribution in [-0.4, -0.2) is 0 Å². The molecule has 0 aromatic heterocycles. The summed E-state index contributed by atoms with van der Waals surface area (Å²) in [6.07, 6.45) is 0. The highest BCUT2D eigenvalue weighted by Gasteiger charge is 2.20. The van der Waals surface area contributed by atoms with Crippen LogP contribution in [0.2, 0.25) is 0 Å². The number of fused-ring (bicyclic) bond motifs is 5. The van der Waals surface area contributed by atoms with Gasteiger partial charge in [-0.3, -0.25) is 0 Å². The molecule has 0 aliphatic heterocycles. The van der Waals surface area contributed by atoms with Crippen LogP contribution in [0.1, 0.15) is 0 Å². The SMILES string of the molecule is c1ccc(-c2c3ccccc3c(-c3ccccc3)c3cc(-c4ccc(-c5c6ccccc6c(-c6cccc7ccccc67)c6ccccc56)cc4)ccc23)cc1. The maximum atomic E-state index is 2.41. The Morgan fingerprint density at radius 1 is 0.179 bits per heavy atom. The van der Waals surface area contributed by atoms with Gasteiger partial charge >= 0.3 is 0 Å². The minimum atomic E-state index is 1.20. The number of benzene rings is 11. The van der Waals surface area contributed by atoms with Crippen molar-refractivity contribution >= 4 is 53.9 Å². The fraction of sp³-hybridized carbons (Fsp3) is 0. The van der Waals surface area contributed by atoms with Crippen LogP contribution >= 0.6 is 0 Å². The van der Waals surface area contributed by atoms with Crippen molar-refractivity contribution in [2.24, 2.45) is 0 Å². The lowest BCUT2D eigenvalue weighted by Gasteiger charge is -2.19. The van der Waals surface area contributed by atoms with Crippen LogP contribution in [0.15, 0.2) is 218 Å². The quantitative estimate of drug-likeness (QED) is 0.156. The van der Waals surface area contributed by atoms with E-state index < -0.39 is 0 Å². The van der Waals surface area contributed by atoms with Crippen molar-refractivity contribution in [2.45, 2.75) is 0 Å². The first-order chi connectivity index (χ1) is 27.8. The molecule has 0 unspecified atom stereocenters. The Hall–Kier alpha value is -7.28. The minimum absolute atomic E-state index is 1.20. The number of hydrogen-bond donors (Lipinski definition) is 0. The Kier molecular flexibility index (Phi) is 7.60. The van der Waals surface area contributed by atoms with E-state index >= 15 is 0 Å². The lowest BCUT2D eigenvalue weighted by Crippen LogP contribution is -1.92. The van der Waals surface area contributed by atoms with Crippen molar-refractivity contribution in [3.63, 3.8) is 0 Å². The summed E-state index contributed by atoms with van der Waals surface area (Å²) in [5.74, 6) is 0. The van der Waals surface area contributed by atoms with Crippen molar-refractivity contribution in [1.82, 2.24) is 0 Å². The monoisotopic (exact) mass is 708 g/mol. The molecule has 0 fully saturated rings. The van der Waals surface area contributed by atoms with Gasteiger partial charge in [0, 0.05) is 0 Å². The van der Waals surface area contributed by atoms with E-state index in [1.54, 1.807) is 0 Å². The zero-order chi connectivity index (χ0) is 37.0. The zero-order valence-corrected chi connectivity index (χ0v) is 30.8. The summed E-state index contributed by atoms with van der Waals surface area (Å²) in [5.41, 5.74) is 12.5. The van der Waals surface area contributed by atoms with Crippen molar-refractivity contribution in [3.05, 3.63) is 218 Å². The molecule has 260 valence electrons. The van der Waals surface area contributed by atoms with E-state index in [-0.39, 0.29) is 0 Å². The minimum Gasteiger partial charge on any atom is -0.0622 e. The molecule has 0 aliphatic carbocycles. The van der Waals surface area contributed by atoms with Gasteiger partial charge in [-0.05, 0) is 116 Å². The highest BCUT2D eigenvalue weighted by Crippen LogP contribution is 2.47. The molecule has 0 heteroatoms. The van der Waals surface area contributed by atoms with E-state index in [1.165, 1.54) is 109 Å². The third-order valence-corrected chi connectivity index (χ3v) is 11.6. The molecule has 11 aromatic carbocycles. The largest absolute Gasteiger partial charge is 0.0622 e. The van der Waals surface area contributed by atoms with Crippen molar-refractivity contribution < 1.29 is 0 Å². The van der Waals surface area contributed by atoms with E-state index in [1.807, 2.05) is 0 Å². The van der Waals surface area contributed by atoms with Gasteiger partial charge < -0.3 is 0 Å². The lowest BCUT2D eigenvalue weighted by molar-refractivity contribution is 1.62. The summed E-state index contributed by atoms with van der Waals surface area (Å²) in [7, 11) is 0. The molecule has 0 bridgehead atoms. The average Bonchev–Trinajstić information content (AvgIpc) is 3.27. The maximum Gasteiger partial charge on any atom is -0.00201 e. The highest BCUT2D eigenvalue weighted by molar-refractivity contribution is 6.24. The fourth-order valence-electron chi connectivity index (χ4n) is 9.19. The van der Waals surface area contributed by atoms with Gasteiger partial charge in [-0.1, -0.05) is 212 Å². The molecule has 56 heavy (non-hydrogen) atoms. The van der Waals surface area contributed by atoms with Gasteiger partial charge in [0.25, 0.3) is 0 Å². The molecule has 11 aromatic rings. The Bertz CT molecular complexity index is 3200. The van der Waals surface area contributed by atoms with Crippen LogP contribution in [0, 0.1) is 0 Å². The second-order valence-corrected chi connectivity index (χ2v) is 14.7. The number of rotatable bonds is 5. The standard InChI is InChI=1S/C56H36/c1-3-17-39(18-4-1)53-45-23-9-10-24-46(45)55(40-19-5-2-6-20-40)52-36-42(34-35-51(52)53)37-30-32-41(33-31-37)54-47-25-11-13-27-49(47)56(50-28-14-12-26-48(50)54)44-29-15-21-38-16-7-8-22-43(38)44/h1-36H. The zero-order valence-electron chi connectivity index (χ0n) is 30.8. The predicted octanol–water partition coefficient (Wildman–Crippen LogP) is 15.8. The molecule has 0 atom stereocenters. The Morgan fingerprint density at radius 3 is 1.07 bits per heavy atom. The molecule has 0 nitrogen and oxygen atoms in total. The Labute approximate surface area is 326 Å². The summed E-state index contributed by atoms with van der Waals surface area (Å²) in [5, 5.41) is 12.7. The van der Waals surface area contributed by atoms with Gasteiger partial charge in [-0.25, -0.2) is 0 Å². The molecule has 11 rings (SSSR count). The van der Waals surface area contributed by atoms with Crippen LogP contribution in [0.3, 0.4) is 0 Å². The molecule has 0 heterocycles. The molecule has 0 aliphatic rings. The van der Waals surface area contributed by atoms with Crippen LogP contribution in [-0.2, 0) is 0 Å². The highest BCUT2D eigenvalue weighted by atomic mass is 14.2. The molecular formula is C56H36. The van der Waals surface area contributed by atoms with Gasteiger partial charge in [0.1, 0.15) is 0 Å².